The van der Waals surface area contributed by atoms with Crippen LogP contribution in [0.3, 0.4) is 0 Å². The minimum atomic E-state index is -0.306. The third-order valence-electron chi connectivity index (χ3n) is 3.16. The van der Waals surface area contributed by atoms with E-state index in [0.717, 1.165) is 11.1 Å². The fraction of sp³-hybridized carbons (Fsp3) is 0.250. The van der Waals surface area contributed by atoms with Gasteiger partial charge in [-0.15, -0.1) is 0 Å². The first-order valence-electron chi connectivity index (χ1n) is 6.77. The summed E-state index contributed by atoms with van der Waals surface area (Å²) < 4.78 is 5.17. The predicted molar refractivity (Wildman–Crippen MR) is 81.5 cm³/mol. The number of nitrogens with one attached hydrogen (secondary N) is 2. The zero-order chi connectivity index (χ0) is 15.4. The second-order valence-electron chi connectivity index (χ2n) is 4.82. The molecule has 5 heteroatoms. The smallest absolute Gasteiger partial charge is 0.291 e. The monoisotopic (exact) mass is 286 g/mol. The fourth-order valence-corrected chi connectivity index (χ4v) is 1.87. The van der Waals surface area contributed by atoms with Gasteiger partial charge in [0.25, 0.3) is 5.91 Å². The van der Waals surface area contributed by atoms with Gasteiger partial charge in [-0.3, -0.25) is 9.59 Å². The molecule has 0 radical (unpaired) electrons. The summed E-state index contributed by atoms with van der Waals surface area (Å²) in [6.45, 7) is 5.48. The first-order valence-corrected chi connectivity index (χ1v) is 6.77. The molecule has 0 aliphatic carbocycles. The van der Waals surface area contributed by atoms with Crippen molar-refractivity contribution in [3.05, 3.63) is 47.4 Å². The molecule has 21 heavy (non-hydrogen) atoms. The molecule has 0 aliphatic rings. The molecule has 1 aromatic carbocycles. The lowest BCUT2D eigenvalue weighted by Gasteiger charge is -2.11. The molecule has 2 amide bonds. The van der Waals surface area contributed by atoms with Gasteiger partial charge in [-0.05, 0) is 37.6 Å². The highest BCUT2D eigenvalue weighted by Crippen LogP contribution is 2.22. The van der Waals surface area contributed by atoms with Crippen molar-refractivity contribution < 1.29 is 14.0 Å². The van der Waals surface area contributed by atoms with Gasteiger partial charge in [-0.25, -0.2) is 0 Å². The molecule has 2 N–H and O–H groups in total. The summed E-state index contributed by atoms with van der Waals surface area (Å²) in [4.78, 5) is 23.6. The van der Waals surface area contributed by atoms with Crippen LogP contribution >= 0.6 is 0 Å². The lowest BCUT2D eigenvalue weighted by Crippen LogP contribution is -2.14. The highest BCUT2D eigenvalue weighted by atomic mass is 16.3. The van der Waals surface area contributed by atoms with Gasteiger partial charge in [0.1, 0.15) is 0 Å². The van der Waals surface area contributed by atoms with Crippen molar-refractivity contribution >= 4 is 23.2 Å². The molecule has 1 heterocycles. The van der Waals surface area contributed by atoms with Gasteiger partial charge < -0.3 is 15.1 Å². The van der Waals surface area contributed by atoms with Crippen LogP contribution in [0.1, 0.15) is 35.0 Å². The van der Waals surface area contributed by atoms with Crippen molar-refractivity contribution in [2.75, 3.05) is 10.6 Å². The number of hydrogen-bond donors (Lipinski definition) is 2. The lowest BCUT2D eigenvalue weighted by atomic mass is 10.1. The highest BCUT2D eigenvalue weighted by Gasteiger charge is 2.14. The SMILES string of the molecule is CCC(=O)Nc1ccc(C)c(NC(=O)c2occc2C)c1. The van der Waals surface area contributed by atoms with E-state index >= 15 is 0 Å². The number of furan rings is 1. The maximum Gasteiger partial charge on any atom is 0.291 e. The van der Waals surface area contributed by atoms with E-state index in [4.69, 9.17) is 4.42 Å². The third kappa shape index (κ3) is 3.51. The third-order valence-corrected chi connectivity index (χ3v) is 3.16. The Hall–Kier alpha value is -2.56. The number of carbonyl (C=O) groups excluding carboxylic acids is 2. The van der Waals surface area contributed by atoms with Crippen LogP contribution in [0.2, 0.25) is 0 Å². The minimum absolute atomic E-state index is 0.0713. The van der Waals surface area contributed by atoms with Gasteiger partial charge in [0, 0.05) is 23.4 Å². The van der Waals surface area contributed by atoms with E-state index < -0.39 is 0 Å². The molecule has 0 saturated carbocycles. The van der Waals surface area contributed by atoms with Gasteiger partial charge in [0.05, 0.1) is 6.26 Å². The molecule has 0 saturated heterocycles. The predicted octanol–water partition coefficient (Wildman–Crippen LogP) is 3.50. The molecule has 0 aliphatic heterocycles. The van der Waals surface area contributed by atoms with Crippen LogP contribution in [0.4, 0.5) is 11.4 Å². The molecular formula is C16H18N2O3. The van der Waals surface area contributed by atoms with Crippen LogP contribution < -0.4 is 10.6 Å². The summed E-state index contributed by atoms with van der Waals surface area (Å²) in [5, 5.41) is 5.57. The first kappa shape index (κ1) is 14.8. The number of rotatable bonds is 4. The van der Waals surface area contributed by atoms with Gasteiger partial charge in [0.15, 0.2) is 5.76 Å². The van der Waals surface area contributed by atoms with Crippen molar-refractivity contribution in [1.82, 2.24) is 0 Å². The topological polar surface area (TPSA) is 71.3 Å². The molecule has 0 atom stereocenters. The Morgan fingerprint density at radius 3 is 2.48 bits per heavy atom. The van der Waals surface area contributed by atoms with Crippen LogP contribution in [0.15, 0.2) is 34.9 Å². The van der Waals surface area contributed by atoms with Crippen molar-refractivity contribution in [2.45, 2.75) is 27.2 Å². The molecule has 5 nitrogen and oxygen atoms in total. The normalized spacial score (nSPS) is 10.2. The van der Waals surface area contributed by atoms with Gasteiger partial charge >= 0.3 is 0 Å². The Labute approximate surface area is 123 Å². The summed E-state index contributed by atoms with van der Waals surface area (Å²) in [6, 6.07) is 7.12. The number of aryl methyl sites for hydroxylation is 2. The largest absolute Gasteiger partial charge is 0.459 e. The maximum atomic E-state index is 12.1. The quantitative estimate of drug-likeness (QED) is 0.903. The van der Waals surface area contributed by atoms with Crippen LogP contribution in [-0.2, 0) is 4.79 Å². The maximum absolute atomic E-state index is 12.1. The molecule has 0 unspecified atom stereocenters. The summed E-state index contributed by atoms with van der Waals surface area (Å²) in [5.74, 6) is -0.0880. The zero-order valence-corrected chi connectivity index (χ0v) is 12.3. The van der Waals surface area contributed by atoms with E-state index in [1.54, 1.807) is 25.1 Å². The van der Waals surface area contributed by atoms with Gasteiger partial charge in [0.2, 0.25) is 5.91 Å². The molecule has 2 rings (SSSR count). The number of carbonyl (C=O) groups is 2. The average Bonchev–Trinajstić information content (AvgIpc) is 2.88. The summed E-state index contributed by atoms with van der Waals surface area (Å²) >= 11 is 0. The van der Waals surface area contributed by atoms with E-state index in [2.05, 4.69) is 10.6 Å². The van der Waals surface area contributed by atoms with Crippen molar-refractivity contribution in [3.63, 3.8) is 0 Å². The molecular weight excluding hydrogens is 268 g/mol. The molecule has 0 bridgehead atoms. The van der Waals surface area contributed by atoms with E-state index in [9.17, 15) is 9.59 Å². The average molecular weight is 286 g/mol. The highest BCUT2D eigenvalue weighted by molar-refractivity contribution is 6.04. The standard InChI is InChI=1S/C16H18N2O3/c1-4-14(19)17-12-6-5-10(2)13(9-12)18-16(20)15-11(3)7-8-21-15/h5-9H,4H2,1-3H3,(H,17,19)(H,18,20). The van der Waals surface area contributed by atoms with Gasteiger partial charge in [-0.1, -0.05) is 13.0 Å². The number of hydrogen-bond acceptors (Lipinski definition) is 3. The number of anilines is 2. The second kappa shape index (κ2) is 6.26. The summed E-state index contributed by atoms with van der Waals surface area (Å²) in [7, 11) is 0. The van der Waals surface area contributed by atoms with E-state index in [1.165, 1.54) is 6.26 Å². The second-order valence-corrected chi connectivity index (χ2v) is 4.82. The Morgan fingerprint density at radius 1 is 1.10 bits per heavy atom. The Kier molecular flexibility index (Phi) is 4.42. The first-order chi connectivity index (χ1) is 10.0. The lowest BCUT2D eigenvalue weighted by molar-refractivity contribution is -0.115. The van der Waals surface area contributed by atoms with Crippen LogP contribution in [0.25, 0.3) is 0 Å². The Bertz CT molecular complexity index is 674. The van der Waals surface area contributed by atoms with Crippen LogP contribution in [0, 0.1) is 13.8 Å². The van der Waals surface area contributed by atoms with Crippen molar-refractivity contribution in [1.29, 1.82) is 0 Å². The van der Waals surface area contributed by atoms with E-state index in [1.807, 2.05) is 19.9 Å². The summed E-state index contributed by atoms with van der Waals surface area (Å²) in [6.07, 6.45) is 1.89. The number of amides is 2. The molecule has 1 aromatic heterocycles. The summed E-state index contributed by atoms with van der Waals surface area (Å²) in [5.41, 5.74) is 2.98. The van der Waals surface area contributed by atoms with Crippen molar-refractivity contribution in [2.24, 2.45) is 0 Å². The van der Waals surface area contributed by atoms with E-state index in [-0.39, 0.29) is 17.6 Å². The molecule has 0 spiro atoms. The zero-order valence-electron chi connectivity index (χ0n) is 12.3. The fourth-order valence-electron chi connectivity index (χ4n) is 1.87. The van der Waals surface area contributed by atoms with E-state index in [0.29, 0.717) is 17.8 Å². The molecule has 2 aromatic rings. The minimum Gasteiger partial charge on any atom is -0.459 e. The van der Waals surface area contributed by atoms with Crippen LogP contribution in [-0.4, -0.2) is 11.8 Å². The van der Waals surface area contributed by atoms with Crippen molar-refractivity contribution in [3.8, 4) is 0 Å². The number of benzene rings is 1. The van der Waals surface area contributed by atoms with Crippen LogP contribution in [0.5, 0.6) is 0 Å². The molecule has 110 valence electrons. The Morgan fingerprint density at radius 2 is 1.86 bits per heavy atom. The molecule has 0 fully saturated rings. The Balaban J connectivity index is 2.19. The van der Waals surface area contributed by atoms with Gasteiger partial charge in [-0.2, -0.15) is 0 Å².